The quantitative estimate of drug-likeness (QED) is 0.569. The van der Waals surface area contributed by atoms with Crippen LogP contribution in [0.3, 0.4) is 0 Å². The number of hydrogen-bond donors (Lipinski definition) is 2. The SMILES string of the molecule is C=CCN(CCO)S(=O)(=O)N1CCNCC1. The zero-order chi connectivity index (χ0) is 12.0. The smallest absolute Gasteiger partial charge is 0.282 e. The fourth-order valence-corrected chi connectivity index (χ4v) is 3.17. The maximum atomic E-state index is 12.1. The first kappa shape index (κ1) is 13.6. The summed E-state index contributed by atoms with van der Waals surface area (Å²) in [4.78, 5) is 0. The Morgan fingerprint density at radius 1 is 1.44 bits per heavy atom. The van der Waals surface area contributed by atoms with E-state index in [4.69, 9.17) is 5.11 Å². The number of hydrogen-bond acceptors (Lipinski definition) is 4. The van der Waals surface area contributed by atoms with Gasteiger partial charge < -0.3 is 10.4 Å². The van der Waals surface area contributed by atoms with Gasteiger partial charge in [0.2, 0.25) is 0 Å². The number of nitrogens with zero attached hydrogens (tertiary/aromatic N) is 2. The topological polar surface area (TPSA) is 72.9 Å². The normalized spacial score (nSPS) is 18.9. The summed E-state index contributed by atoms with van der Waals surface area (Å²) in [5.74, 6) is 0. The monoisotopic (exact) mass is 249 g/mol. The lowest BCUT2D eigenvalue weighted by Gasteiger charge is -2.31. The van der Waals surface area contributed by atoms with Gasteiger partial charge in [-0.1, -0.05) is 6.08 Å². The van der Waals surface area contributed by atoms with Crippen molar-refractivity contribution in [3.05, 3.63) is 12.7 Å². The predicted molar refractivity (Wildman–Crippen MR) is 62.2 cm³/mol. The molecule has 0 aliphatic carbocycles. The average Bonchev–Trinajstić information content (AvgIpc) is 2.30. The molecule has 1 saturated heterocycles. The van der Waals surface area contributed by atoms with Gasteiger partial charge in [0, 0.05) is 39.3 Å². The summed E-state index contributed by atoms with van der Waals surface area (Å²) >= 11 is 0. The number of aliphatic hydroxyl groups is 1. The number of nitrogens with one attached hydrogen (secondary N) is 1. The van der Waals surface area contributed by atoms with Crippen molar-refractivity contribution in [1.82, 2.24) is 13.9 Å². The summed E-state index contributed by atoms with van der Waals surface area (Å²) in [5.41, 5.74) is 0. The third-order valence-electron chi connectivity index (χ3n) is 2.41. The van der Waals surface area contributed by atoms with Crippen LogP contribution in [0.5, 0.6) is 0 Å². The minimum Gasteiger partial charge on any atom is -0.395 e. The van der Waals surface area contributed by atoms with Crippen LogP contribution in [-0.4, -0.2) is 68.0 Å². The molecule has 1 aliphatic rings. The zero-order valence-corrected chi connectivity index (χ0v) is 10.1. The van der Waals surface area contributed by atoms with Crippen LogP contribution >= 0.6 is 0 Å². The van der Waals surface area contributed by atoms with E-state index in [0.29, 0.717) is 26.2 Å². The van der Waals surface area contributed by atoms with Gasteiger partial charge in [-0.2, -0.15) is 17.0 Å². The van der Waals surface area contributed by atoms with E-state index in [1.807, 2.05) is 0 Å². The van der Waals surface area contributed by atoms with E-state index < -0.39 is 10.2 Å². The Bertz CT molecular complexity index is 312. The Balaban J connectivity index is 2.74. The maximum absolute atomic E-state index is 12.1. The molecule has 1 rings (SSSR count). The molecule has 0 atom stereocenters. The van der Waals surface area contributed by atoms with Crippen LogP contribution in [0.1, 0.15) is 0 Å². The molecule has 0 radical (unpaired) electrons. The van der Waals surface area contributed by atoms with Crippen LogP contribution in [0.15, 0.2) is 12.7 Å². The van der Waals surface area contributed by atoms with Crippen LogP contribution in [0, 0.1) is 0 Å². The summed E-state index contributed by atoms with van der Waals surface area (Å²) in [7, 11) is -3.45. The molecule has 0 spiro atoms. The summed E-state index contributed by atoms with van der Waals surface area (Å²) < 4.78 is 26.9. The average molecular weight is 249 g/mol. The molecule has 0 amide bonds. The van der Waals surface area contributed by atoms with Gasteiger partial charge in [-0.15, -0.1) is 6.58 Å². The Morgan fingerprint density at radius 3 is 2.56 bits per heavy atom. The molecule has 0 bridgehead atoms. The van der Waals surface area contributed by atoms with Crippen LogP contribution in [0.25, 0.3) is 0 Å². The zero-order valence-electron chi connectivity index (χ0n) is 9.30. The molecule has 16 heavy (non-hydrogen) atoms. The number of aliphatic hydroxyl groups excluding tert-OH is 1. The molecule has 0 unspecified atom stereocenters. The molecule has 0 saturated carbocycles. The molecule has 6 nitrogen and oxygen atoms in total. The molecule has 1 heterocycles. The van der Waals surface area contributed by atoms with Gasteiger partial charge in [-0.3, -0.25) is 0 Å². The summed E-state index contributed by atoms with van der Waals surface area (Å²) in [6.07, 6.45) is 1.52. The van der Waals surface area contributed by atoms with Crippen LogP contribution < -0.4 is 5.32 Å². The second kappa shape index (κ2) is 6.31. The largest absolute Gasteiger partial charge is 0.395 e. The van der Waals surface area contributed by atoms with E-state index in [2.05, 4.69) is 11.9 Å². The van der Waals surface area contributed by atoms with Crippen molar-refractivity contribution in [2.45, 2.75) is 0 Å². The van der Waals surface area contributed by atoms with Crippen LogP contribution in [-0.2, 0) is 10.2 Å². The summed E-state index contributed by atoms with van der Waals surface area (Å²) in [6.45, 7) is 5.96. The Labute approximate surface area is 96.7 Å². The van der Waals surface area contributed by atoms with Gasteiger partial charge in [0.25, 0.3) is 10.2 Å². The fraction of sp³-hybridized carbons (Fsp3) is 0.778. The van der Waals surface area contributed by atoms with Crippen LogP contribution in [0.2, 0.25) is 0 Å². The van der Waals surface area contributed by atoms with Gasteiger partial charge in [-0.05, 0) is 0 Å². The highest BCUT2D eigenvalue weighted by atomic mass is 32.2. The summed E-state index contributed by atoms with van der Waals surface area (Å²) in [6, 6.07) is 0. The Hall–Kier alpha value is -0.470. The first-order chi connectivity index (χ1) is 7.62. The maximum Gasteiger partial charge on any atom is 0.282 e. The van der Waals surface area contributed by atoms with Gasteiger partial charge in [-0.25, -0.2) is 0 Å². The first-order valence-electron chi connectivity index (χ1n) is 5.30. The van der Waals surface area contributed by atoms with Gasteiger partial charge in [0.05, 0.1) is 6.61 Å². The third-order valence-corrected chi connectivity index (χ3v) is 4.41. The standard InChI is InChI=1S/C9H19N3O3S/c1-2-5-11(8-9-13)16(14,15)12-6-3-10-4-7-12/h2,10,13H,1,3-9H2. The lowest BCUT2D eigenvalue weighted by molar-refractivity contribution is 0.247. The van der Waals surface area contributed by atoms with E-state index in [1.54, 1.807) is 0 Å². The second-order valence-electron chi connectivity index (χ2n) is 3.53. The molecule has 7 heteroatoms. The van der Waals surface area contributed by atoms with E-state index in [-0.39, 0.29) is 19.7 Å². The second-order valence-corrected chi connectivity index (χ2v) is 5.46. The fourth-order valence-electron chi connectivity index (χ4n) is 1.59. The van der Waals surface area contributed by atoms with Gasteiger partial charge in [0.15, 0.2) is 0 Å². The molecular weight excluding hydrogens is 230 g/mol. The molecule has 2 N–H and O–H groups in total. The molecule has 1 aliphatic heterocycles. The van der Waals surface area contributed by atoms with Gasteiger partial charge in [0.1, 0.15) is 0 Å². The minimum atomic E-state index is -3.45. The van der Waals surface area contributed by atoms with E-state index in [0.717, 1.165) is 0 Å². The highest BCUT2D eigenvalue weighted by Gasteiger charge is 2.29. The van der Waals surface area contributed by atoms with E-state index in [9.17, 15) is 8.42 Å². The molecule has 0 aromatic rings. The van der Waals surface area contributed by atoms with Crippen molar-refractivity contribution in [2.24, 2.45) is 0 Å². The third kappa shape index (κ3) is 3.26. The van der Waals surface area contributed by atoms with Crippen molar-refractivity contribution < 1.29 is 13.5 Å². The van der Waals surface area contributed by atoms with Crippen molar-refractivity contribution >= 4 is 10.2 Å². The number of rotatable bonds is 6. The lowest BCUT2D eigenvalue weighted by Crippen LogP contribution is -2.52. The number of piperazine rings is 1. The highest BCUT2D eigenvalue weighted by Crippen LogP contribution is 2.09. The van der Waals surface area contributed by atoms with Crippen molar-refractivity contribution in [2.75, 3.05) is 45.9 Å². The molecular formula is C9H19N3O3S. The lowest BCUT2D eigenvalue weighted by atomic mass is 10.4. The Morgan fingerprint density at radius 2 is 2.06 bits per heavy atom. The summed E-state index contributed by atoms with van der Waals surface area (Å²) in [5, 5.41) is 11.9. The Kier molecular flexibility index (Phi) is 5.36. The molecule has 1 fully saturated rings. The minimum absolute atomic E-state index is 0.109. The highest BCUT2D eigenvalue weighted by molar-refractivity contribution is 7.86. The molecule has 0 aromatic heterocycles. The molecule has 0 aromatic carbocycles. The predicted octanol–water partition coefficient (Wildman–Crippen LogP) is -1.38. The van der Waals surface area contributed by atoms with Gasteiger partial charge >= 0.3 is 0 Å². The first-order valence-corrected chi connectivity index (χ1v) is 6.70. The van der Waals surface area contributed by atoms with Crippen molar-refractivity contribution in [3.63, 3.8) is 0 Å². The van der Waals surface area contributed by atoms with E-state index in [1.165, 1.54) is 14.7 Å². The molecule has 94 valence electrons. The van der Waals surface area contributed by atoms with E-state index >= 15 is 0 Å². The van der Waals surface area contributed by atoms with Crippen molar-refractivity contribution in [1.29, 1.82) is 0 Å². The van der Waals surface area contributed by atoms with Crippen LogP contribution in [0.4, 0.5) is 0 Å². The van der Waals surface area contributed by atoms with Crippen molar-refractivity contribution in [3.8, 4) is 0 Å².